The van der Waals surface area contributed by atoms with Gasteiger partial charge >= 0.3 is 0 Å². The van der Waals surface area contributed by atoms with Crippen molar-refractivity contribution < 1.29 is 14.2 Å². The maximum atomic E-state index is 5.71. The summed E-state index contributed by atoms with van der Waals surface area (Å²) in [6.45, 7) is 3.72. The monoisotopic (exact) mass is 376 g/mol. The number of hydrogen-bond donors (Lipinski definition) is 0. The van der Waals surface area contributed by atoms with Gasteiger partial charge in [-0.25, -0.2) is 0 Å². The van der Waals surface area contributed by atoms with E-state index in [0.29, 0.717) is 19.1 Å². The van der Waals surface area contributed by atoms with Crippen LogP contribution in [0.2, 0.25) is 0 Å². The maximum Gasteiger partial charge on any atom is 0.125 e. The van der Waals surface area contributed by atoms with Crippen molar-refractivity contribution in [2.24, 2.45) is 29.6 Å². The highest BCUT2D eigenvalue weighted by Gasteiger charge is 2.34. The Morgan fingerprint density at radius 1 is 0.778 bits per heavy atom. The molecule has 3 rings (SSSR count). The van der Waals surface area contributed by atoms with E-state index < -0.39 is 0 Å². The summed E-state index contributed by atoms with van der Waals surface area (Å²) in [7, 11) is 5.31. The lowest BCUT2D eigenvalue weighted by atomic mass is 9.66. The van der Waals surface area contributed by atoms with Gasteiger partial charge in [-0.1, -0.05) is 25.8 Å². The van der Waals surface area contributed by atoms with Gasteiger partial charge < -0.3 is 14.2 Å². The van der Waals surface area contributed by atoms with Crippen molar-refractivity contribution in [1.29, 1.82) is 0 Å². The standard InChI is InChI=1S/C24H40O3/c1-17-5-7-18(8-6-17)19-9-11-20(12-10-19)21-13-22(15-25-2)24(27-4)23(14-21)16-26-3/h13,17-21H,5-12,14-16H2,1-4H3. The topological polar surface area (TPSA) is 27.7 Å². The van der Waals surface area contributed by atoms with Crippen molar-refractivity contribution in [2.45, 2.75) is 64.7 Å². The molecule has 0 amide bonds. The molecular weight excluding hydrogens is 336 g/mol. The van der Waals surface area contributed by atoms with Gasteiger partial charge in [0.15, 0.2) is 0 Å². The fourth-order valence-electron chi connectivity index (χ4n) is 5.95. The molecule has 0 aromatic carbocycles. The van der Waals surface area contributed by atoms with E-state index >= 15 is 0 Å². The molecule has 3 aliphatic carbocycles. The van der Waals surface area contributed by atoms with E-state index in [9.17, 15) is 0 Å². The summed E-state index contributed by atoms with van der Waals surface area (Å²) >= 11 is 0. The number of ether oxygens (including phenoxy) is 3. The SMILES string of the molecule is COCC1=CC(C2CCC(C3CCC(C)CC3)CC2)CC(COC)=C1OC. The summed E-state index contributed by atoms with van der Waals surface area (Å²) in [5.74, 6) is 5.39. The molecule has 0 aromatic rings. The summed E-state index contributed by atoms with van der Waals surface area (Å²) in [4.78, 5) is 0. The minimum atomic E-state index is 0.617. The molecule has 0 spiro atoms. The van der Waals surface area contributed by atoms with Gasteiger partial charge in [0.1, 0.15) is 5.76 Å². The van der Waals surface area contributed by atoms with Crippen LogP contribution in [0.5, 0.6) is 0 Å². The molecule has 1 unspecified atom stereocenters. The van der Waals surface area contributed by atoms with Crippen LogP contribution in [0.4, 0.5) is 0 Å². The van der Waals surface area contributed by atoms with Gasteiger partial charge in [0.2, 0.25) is 0 Å². The highest BCUT2D eigenvalue weighted by Crippen LogP contribution is 2.45. The molecule has 0 aliphatic heterocycles. The van der Waals surface area contributed by atoms with Crippen LogP contribution in [0.3, 0.4) is 0 Å². The Kier molecular flexibility index (Phi) is 7.84. The van der Waals surface area contributed by atoms with Crippen molar-refractivity contribution >= 4 is 0 Å². The normalized spacial score (nSPS) is 35.1. The molecule has 1 atom stereocenters. The summed E-state index contributed by atoms with van der Waals surface area (Å²) < 4.78 is 16.6. The van der Waals surface area contributed by atoms with Crippen molar-refractivity contribution in [1.82, 2.24) is 0 Å². The number of hydrogen-bond acceptors (Lipinski definition) is 3. The first-order valence-electron chi connectivity index (χ1n) is 11.1. The number of methoxy groups -OCH3 is 3. The quantitative estimate of drug-likeness (QED) is 0.565. The molecule has 3 aliphatic rings. The van der Waals surface area contributed by atoms with Gasteiger partial charge in [-0.15, -0.1) is 0 Å². The highest BCUT2D eigenvalue weighted by atomic mass is 16.5. The molecule has 2 saturated carbocycles. The zero-order chi connectivity index (χ0) is 19.2. The summed E-state index contributed by atoms with van der Waals surface area (Å²) in [6.07, 6.45) is 15.1. The van der Waals surface area contributed by atoms with Gasteiger partial charge in [-0.05, 0) is 80.1 Å². The highest BCUT2D eigenvalue weighted by molar-refractivity contribution is 5.36. The van der Waals surface area contributed by atoms with E-state index in [1.165, 1.54) is 62.5 Å². The summed E-state index contributed by atoms with van der Waals surface area (Å²) in [5, 5.41) is 0. The third kappa shape index (κ3) is 5.17. The average molecular weight is 377 g/mol. The third-order valence-electron chi connectivity index (χ3n) is 7.48. The fourth-order valence-corrected chi connectivity index (χ4v) is 5.95. The first-order chi connectivity index (χ1) is 13.2. The Hall–Kier alpha value is -0.800. The molecule has 3 nitrogen and oxygen atoms in total. The molecule has 0 saturated heterocycles. The lowest BCUT2D eigenvalue weighted by Gasteiger charge is -2.40. The Labute approximate surface area is 166 Å². The maximum absolute atomic E-state index is 5.71. The Morgan fingerprint density at radius 3 is 1.89 bits per heavy atom. The average Bonchev–Trinajstić information content (AvgIpc) is 2.69. The lowest BCUT2D eigenvalue weighted by molar-refractivity contribution is 0.132. The zero-order valence-corrected chi connectivity index (χ0v) is 18.0. The van der Waals surface area contributed by atoms with Crippen LogP contribution in [0.25, 0.3) is 0 Å². The predicted molar refractivity (Wildman–Crippen MR) is 111 cm³/mol. The van der Waals surface area contributed by atoms with E-state index in [2.05, 4.69) is 13.0 Å². The molecule has 0 heterocycles. The Morgan fingerprint density at radius 2 is 1.33 bits per heavy atom. The molecule has 0 radical (unpaired) electrons. The van der Waals surface area contributed by atoms with E-state index in [4.69, 9.17) is 14.2 Å². The summed E-state index contributed by atoms with van der Waals surface area (Å²) in [5.41, 5.74) is 2.52. The van der Waals surface area contributed by atoms with Crippen LogP contribution in [0.1, 0.15) is 64.7 Å². The molecule has 0 bridgehead atoms. The second-order valence-corrected chi connectivity index (χ2v) is 9.26. The van der Waals surface area contributed by atoms with Crippen molar-refractivity contribution in [3.8, 4) is 0 Å². The molecular formula is C24H40O3. The van der Waals surface area contributed by atoms with Gasteiger partial charge in [0.05, 0.1) is 20.3 Å². The van der Waals surface area contributed by atoms with E-state index in [1.54, 1.807) is 21.3 Å². The van der Waals surface area contributed by atoms with Gasteiger partial charge in [0, 0.05) is 19.8 Å². The Bertz CT molecular complexity index is 520. The summed E-state index contributed by atoms with van der Waals surface area (Å²) in [6, 6.07) is 0. The Balaban J connectivity index is 1.61. The first kappa shape index (κ1) is 20.9. The van der Waals surface area contributed by atoms with Crippen LogP contribution in [0.15, 0.2) is 23.0 Å². The molecule has 3 heteroatoms. The smallest absolute Gasteiger partial charge is 0.125 e. The van der Waals surface area contributed by atoms with Gasteiger partial charge in [-0.2, -0.15) is 0 Å². The third-order valence-corrected chi connectivity index (χ3v) is 7.48. The van der Waals surface area contributed by atoms with Crippen molar-refractivity contribution in [3.63, 3.8) is 0 Å². The number of rotatable bonds is 7. The zero-order valence-electron chi connectivity index (χ0n) is 18.0. The van der Waals surface area contributed by atoms with Crippen molar-refractivity contribution in [3.05, 3.63) is 23.0 Å². The van der Waals surface area contributed by atoms with E-state index in [0.717, 1.165) is 35.9 Å². The molecule has 154 valence electrons. The van der Waals surface area contributed by atoms with Crippen LogP contribution in [-0.2, 0) is 14.2 Å². The van der Waals surface area contributed by atoms with Crippen LogP contribution < -0.4 is 0 Å². The van der Waals surface area contributed by atoms with E-state index in [-0.39, 0.29) is 0 Å². The van der Waals surface area contributed by atoms with Crippen LogP contribution >= 0.6 is 0 Å². The molecule has 0 aromatic heterocycles. The predicted octanol–water partition coefficient (Wildman–Crippen LogP) is 5.76. The molecule has 2 fully saturated rings. The molecule has 27 heavy (non-hydrogen) atoms. The number of allylic oxidation sites excluding steroid dienone is 1. The minimum Gasteiger partial charge on any atom is -0.496 e. The minimum absolute atomic E-state index is 0.617. The second-order valence-electron chi connectivity index (χ2n) is 9.26. The largest absolute Gasteiger partial charge is 0.496 e. The van der Waals surface area contributed by atoms with Crippen LogP contribution in [-0.4, -0.2) is 34.5 Å². The van der Waals surface area contributed by atoms with Gasteiger partial charge in [0.25, 0.3) is 0 Å². The van der Waals surface area contributed by atoms with Gasteiger partial charge in [-0.3, -0.25) is 0 Å². The lowest BCUT2D eigenvalue weighted by Crippen LogP contribution is -2.29. The second kappa shape index (κ2) is 10.1. The van der Waals surface area contributed by atoms with E-state index in [1.807, 2.05) is 0 Å². The van der Waals surface area contributed by atoms with Crippen molar-refractivity contribution in [2.75, 3.05) is 34.5 Å². The van der Waals surface area contributed by atoms with Crippen LogP contribution in [0, 0.1) is 29.6 Å². The fraction of sp³-hybridized carbons (Fsp3) is 0.833. The molecule has 0 N–H and O–H groups in total. The first-order valence-corrected chi connectivity index (χ1v) is 11.1.